The van der Waals surface area contributed by atoms with Crippen molar-refractivity contribution in [1.29, 1.82) is 0 Å². The molecule has 0 saturated heterocycles. The Balaban J connectivity index is 0.000000134. The van der Waals surface area contributed by atoms with Crippen LogP contribution in [0.5, 0.6) is 23.0 Å². The van der Waals surface area contributed by atoms with Gasteiger partial charge >= 0.3 is 0 Å². The zero-order valence-electron chi connectivity index (χ0n) is 69.3. The lowest BCUT2D eigenvalue weighted by atomic mass is 9.38. The molecule has 0 aliphatic heterocycles. The maximum atomic E-state index is 13.4. The van der Waals surface area contributed by atoms with Crippen molar-refractivity contribution in [3.63, 3.8) is 0 Å². The first-order valence-electron chi connectivity index (χ1n) is 40.4. The zero-order valence-corrected chi connectivity index (χ0v) is 72.3. The van der Waals surface area contributed by atoms with Crippen LogP contribution in [0.25, 0.3) is 11.3 Å². The second-order valence-electron chi connectivity index (χ2n) is 35.2. The molecule has 123 heavy (non-hydrogen) atoms. The van der Waals surface area contributed by atoms with E-state index in [4.69, 9.17) is 65.4 Å². The highest BCUT2D eigenvalue weighted by atomic mass is 35.5. The van der Waals surface area contributed by atoms with Gasteiger partial charge in [0.05, 0.1) is 39.5 Å². The van der Waals surface area contributed by atoms with Gasteiger partial charge in [0, 0.05) is 109 Å². The number of nitrogens with one attached hydrogen (secondary N) is 3. The van der Waals surface area contributed by atoms with E-state index in [1.165, 1.54) is 41.9 Å². The Morgan fingerprint density at radius 3 is 1.39 bits per heavy atom. The molecule has 1 atom stereocenters. The molecule has 4 heterocycles. The molecule has 0 spiro atoms. The summed E-state index contributed by atoms with van der Waals surface area (Å²) in [6.45, 7) is 8.87. The number of hydrogen-bond acceptors (Lipinski definition) is 18. The van der Waals surface area contributed by atoms with Gasteiger partial charge in [-0.3, -0.25) is 47.9 Å². The number of carbonyl (C=O) groups excluding carboxylic acids is 7. The Bertz CT molecular complexity index is 5340. The number of halogens is 9. The number of carbonyl (C=O) groups is 7. The lowest BCUT2D eigenvalue weighted by Gasteiger charge is -2.75. The van der Waals surface area contributed by atoms with Gasteiger partial charge in [0.1, 0.15) is 70.2 Å². The third-order valence-corrected chi connectivity index (χ3v) is 26.5. The van der Waals surface area contributed by atoms with Crippen LogP contribution in [0.4, 0.5) is 27.9 Å². The lowest BCUT2D eigenvalue weighted by molar-refractivity contribution is -0.210. The molecule has 4 amide bonds. The summed E-state index contributed by atoms with van der Waals surface area (Å²) in [6, 6.07) is 34.1. The van der Waals surface area contributed by atoms with Crippen molar-refractivity contribution >= 4 is 93.3 Å². The van der Waals surface area contributed by atoms with Crippen LogP contribution in [0, 0.1) is 41.7 Å². The fraction of sp³-hybridized carbons (Fsp3) is 0.433. The monoisotopic (exact) mass is 1770 g/mol. The van der Waals surface area contributed by atoms with Crippen LogP contribution in [0.15, 0.2) is 140 Å². The number of alkyl halides is 3. The standard InChI is InChI=1S/C25H24ClN3O2.C22H23ClF2N4O3.C22H25ClFN3O3.C21H22ClF2N3O3/c1-17-11-20(7-8-21(17)26)31-13-19(30)12-24-14-25(15-24,16-24)29-23-27-10-9-22(28-23)18-5-3-2-4-6-18;1-13-6-14(4-5-15(13)23)32-9-18(30)28(2)21-10-22(11-21,12-21)29(3)20(31)17-8-26-16(7-27-17)19(24)25;1-13(2)17-7-18(27(3)26-17)19(28)8-21-10-22(11-21,12-21)25-20(29)9-30-14-4-5-15(23)16(24)6-14;1-12(23)16-6-17(27(2)26-16)18(28)7-20-9-21(10-20,11-20)25-19(29)8-30-13-3-4-14(22)15(24)5-13/h2-11H,12-16H2,1H3,(H,27,28,29);4-8,19H,9-12H2,1-3H3;4-7,13H,8-12H2,1-3H3,(H,25,29);3-6,12H,7-11H2,1-2H3,(H,25,29). The van der Waals surface area contributed by atoms with E-state index in [0.717, 1.165) is 110 Å². The van der Waals surface area contributed by atoms with E-state index in [1.54, 1.807) is 79.2 Å². The third kappa shape index (κ3) is 19.2. The molecule has 12 aliphatic carbocycles. The van der Waals surface area contributed by atoms with Crippen molar-refractivity contribution in [2.45, 2.75) is 177 Å². The molecule has 12 fully saturated rings. The molecule has 9 aromatic rings. The first kappa shape index (κ1) is 88.7. The number of hydrogen-bond donors (Lipinski definition) is 3. The van der Waals surface area contributed by atoms with Gasteiger partial charge < -0.3 is 44.7 Å². The minimum Gasteiger partial charge on any atom is -0.486 e. The topological polar surface area (TPSA) is 286 Å². The maximum absolute atomic E-state index is 13.4. The maximum Gasteiger partial charge on any atom is 0.281 e. The van der Waals surface area contributed by atoms with E-state index in [0.29, 0.717) is 77.4 Å². The van der Waals surface area contributed by atoms with Crippen molar-refractivity contribution < 1.29 is 74.5 Å². The smallest absolute Gasteiger partial charge is 0.281 e. The van der Waals surface area contributed by atoms with Crippen LogP contribution in [0.2, 0.25) is 20.1 Å². The van der Waals surface area contributed by atoms with Gasteiger partial charge in [-0.1, -0.05) is 90.6 Å². The van der Waals surface area contributed by atoms with E-state index in [1.807, 2.05) is 62.4 Å². The predicted molar refractivity (Wildman–Crippen MR) is 450 cm³/mol. The second-order valence-corrected chi connectivity index (χ2v) is 36.8. The van der Waals surface area contributed by atoms with Gasteiger partial charge in [0.15, 0.2) is 37.2 Å². The number of likely N-dealkylation sites (N-methyl/N-ethyl adjacent to an activating group) is 1. The molecule has 12 aliphatic rings. The zero-order chi connectivity index (χ0) is 88.1. The quantitative estimate of drug-likeness (QED) is 0.0269. The second kappa shape index (κ2) is 34.8. The van der Waals surface area contributed by atoms with Crippen LogP contribution >= 0.6 is 46.4 Å². The van der Waals surface area contributed by atoms with Crippen LogP contribution in [-0.2, 0) is 33.3 Å². The molecule has 8 bridgehead atoms. The number of amides is 4. The minimum atomic E-state index is -2.73. The molecule has 3 N–H and O–H groups in total. The van der Waals surface area contributed by atoms with Crippen LogP contribution < -0.4 is 34.9 Å². The Hall–Kier alpha value is -10.6. The summed E-state index contributed by atoms with van der Waals surface area (Å²) < 4.78 is 90.6. The minimum absolute atomic E-state index is 0.00654. The van der Waals surface area contributed by atoms with E-state index < -0.39 is 29.9 Å². The number of aryl methyl sites for hydroxylation is 4. The van der Waals surface area contributed by atoms with E-state index in [9.17, 15) is 55.5 Å². The van der Waals surface area contributed by atoms with Crippen LogP contribution in [0.1, 0.15) is 195 Å². The number of anilines is 1. The SMILES string of the molecule is CC(C)c1cc(C(=O)CC23CC(NC(=O)COc4ccc(Cl)c(F)c4)(C2)C3)n(C)n1.CC(F)c1cc(C(=O)CC23CC(NC(=O)COc4ccc(Cl)c(F)c4)(C2)C3)n(C)n1.Cc1cc(OCC(=O)CC23CC(Nc4nccc(-c5ccccc5)n4)(C2)C3)ccc1Cl.Cc1cc(OCC(=O)N(C)C23CC(N(C)C(=O)c4cnc(C(F)F)cn4)(C2)C3)ccc1Cl. The van der Waals surface area contributed by atoms with Crippen molar-refractivity contribution in [1.82, 2.24) is 59.9 Å². The highest BCUT2D eigenvalue weighted by molar-refractivity contribution is 6.32. The molecule has 1 unspecified atom stereocenters. The summed E-state index contributed by atoms with van der Waals surface area (Å²) in [6.07, 6.45) is 10.6. The average molecular weight is 1770 g/mol. The van der Waals surface area contributed by atoms with E-state index >= 15 is 0 Å². The molecule has 21 rings (SSSR count). The summed E-state index contributed by atoms with van der Waals surface area (Å²) in [5.74, 6) is 0.586. The number of Topliss-reactive ketones (excluding diaryl/α,β-unsaturated/α-hetero) is 3. The summed E-state index contributed by atoms with van der Waals surface area (Å²) >= 11 is 23.3. The Morgan fingerprint density at radius 1 is 0.496 bits per heavy atom. The molecule has 0 radical (unpaired) electrons. The van der Waals surface area contributed by atoms with E-state index in [2.05, 4.69) is 59.9 Å². The summed E-state index contributed by atoms with van der Waals surface area (Å²) in [4.78, 5) is 107. The first-order chi connectivity index (χ1) is 58.2. The summed E-state index contributed by atoms with van der Waals surface area (Å²) in [5, 5.41) is 19.3. The number of rotatable bonds is 31. The van der Waals surface area contributed by atoms with Crippen molar-refractivity contribution in [2.24, 2.45) is 30.3 Å². The molecule has 24 nitrogen and oxygen atoms in total. The molecular weight excluding hydrogens is 1680 g/mol. The fourth-order valence-corrected chi connectivity index (χ4v) is 19.7. The van der Waals surface area contributed by atoms with Crippen molar-refractivity contribution in [2.75, 3.05) is 45.8 Å². The predicted octanol–water partition coefficient (Wildman–Crippen LogP) is 17.1. The van der Waals surface area contributed by atoms with E-state index in [-0.39, 0.29) is 150 Å². The average Bonchev–Trinajstić information content (AvgIpc) is 0.896. The number of nitrogens with zero attached hydrogens (tertiary/aromatic N) is 10. The highest BCUT2D eigenvalue weighted by Crippen LogP contribution is 2.72. The van der Waals surface area contributed by atoms with Crippen molar-refractivity contribution in [3.8, 4) is 34.3 Å². The number of ketones is 3. The molecule has 12 saturated carbocycles. The van der Waals surface area contributed by atoms with Crippen LogP contribution in [-0.4, -0.2) is 158 Å². The van der Waals surface area contributed by atoms with Crippen LogP contribution in [0.3, 0.4) is 0 Å². The molecular formula is C90H94Cl4F5N13O11. The van der Waals surface area contributed by atoms with Gasteiger partial charge in [-0.15, -0.1) is 0 Å². The third-order valence-electron chi connectivity index (χ3n) is 25.1. The fourth-order valence-electron chi connectivity index (χ4n) is 19.2. The summed E-state index contributed by atoms with van der Waals surface area (Å²) in [5.41, 5.74) is 4.39. The van der Waals surface area contributed by atoms with Gasteiger partial charge in [0.25, 0.3) is 30.1 Å². The molecule has 648 valence electrons. The highest BCUT2D eigenvalue weighted by Gasteiger charge is 2.74. The van der Waals surface area contributed by atoms with Gasteiger partial charge in [0.2, 0.25) is 5.95 Å². The molecule has 4 aromatic heterocycles. The van der Waals surface area contributed by atoms with Crippen molar-refractivity contribution in [3.05, 3.63) is 217 Å². The van der Waals surface area contributed by atoms with Gasteiger partial charge in [-0.2, -0.15) is 10.2 Å². The normalized spacial score (nSPS) is 24.0. The Morgan fingerprint density at radius 2 is 0.943 bits per heavy atom. The number of benzene rings is 5. The van der Waals surface area contributed by atoms with Gasteiger partial charge in [-0.05, 0) is 210 Å². The number of aromatic nitrogens is 8. The first-order valence-corrected chi connectivity index (χ1v) is 41.9. The lowest BCUT2D eigenvalue weighted by Crippen LogP contribution is -2.83. The number of ether oxygens (including phenoxy) is 4. The van der Waals surface area contributed by atoms with Gasteiger partial charge in [-0.25, -0.2) is 36.9 Å². The molecule has 33 heteroatoms. The largest absolute Gasteiger partial charge is 0.486 e. The summed E-state index contributed by atoms with van der Waals surface area (Å²) in [7, 11) is 6.85. The Kier molecular flexibility index (Phi) is 25.1. The molecule has 5 aromatic carbocycles. The Labute approximate surface area is 728 Å².